The van der Waals surface area contributed by atoms with Crippen molar-refractivity contribution in [2.24, 2.45) is 0 Å². The van der Waals surface area contributed by atoms with Gasteiger partial charge in [0.1, 0.15) is 5.75 Å². The van der Waals surface area contributed by atoms with Crippen molar-refractivity contribution in [3.8, 4) is 5.75 Å². The second-order valence-electron chi connectivity index (χ2n) is 2.66. The Morgan fingerprint density at radius 3 is 2.33 bits per heavy atom. The van der Waals surface area contributed by atoms with Gasteiger partial charge in [-0.2, -0.15) is 5.06 Å². The van der Waals surface area contributed by atoms with Gasteiger partial charge in [0.25, 0.3) is 0 Å². The molecular weight excluding hydrogens is 154 g/mol. The number of benzene rings is 1. The largest absolute Gasteiger partial charge is 0.497 e. The highest BCUT2D eigenvalue weighted by Crippen LogP contribution is 2.11. The van der Waals surface area contributed by atoms with E-state index in [-0.39, 0.29) is 0 Å². The summed E-state index contributed by atoms with van der Waals surface area (Å²) in [6.07, 6.45) is 0. The molecule has 0 aliphatic rings. The van der Waals surface area contributed by atoms with Crippen molar-refractivity contribution in [2.45, 2.75) is 6.54 Å². The Bertz CT molecular complexity index is 231. The van der Waals surface area contributed by atoms with E-state index in [1.165, 1.54) is 0 Å². The van der Waals surface area contributed by atoms with Gasteiger partial charge < -0.3 is 9.94 Å². The summed E-state index contributed by atoms with van der Waals surface area (Å²) in [5.41, 5.74) is 1.06. The first-order valence-electron chi connectivity index (χ1n) is 3.75. The molecule has 3 heteroatoms. The molecule has 0 unspecified atom stereocenters. The Kier molecular flexibility index (Phi) is 3.08. The van der Waals surface area contributed by atoms with E-state index in [1.54, 1.807) is 14.2 Å². The average Bonchev–Trinajstić information content (AvgIpc) is 2.05. The van der Waals surface area contributed by atoms with E-state index in [9.17, 15) is 0 Å². The lowest BCUT2D eigenvalue weighted by Gasteiger charge is -2.07. The first kappa shape index (κ1) is 9.03. The van der Waals surface area contributed by atoms with Gasteiger partial charge in [-0.3, -0.25) is 0 Å². The molecular formula is C9H13NO2. The van der Waals surface area contributed by atoms with Gasteiger partial charge in [0.15, 0.2) is 0 Å². The monoisotopic (exact) mass is 167 g/mol. The summed E-state index contributed by atoms with van der Waals surface area (Å²) < 4.78 is 5.00. The third kappa shape index (κ3) is 2.53. The smallest absolute Gasteiger partial charge is 0.118 e. The molecule has 0 saturated heterocycles. The van der Waals surface area contributed by atoms with Crippen molar-refractivity contribution in [3.05, 3.63) is 29.8 Å². The summed E-state index contributed by atoms with van der Waals surface area (Å²) in [6, 6.07) is 7.59. The van der Waals surface area contributed by atoms with E-state index < -0.39 is 0 Å². The summed E-state index contributed by atoms with van der Waals surface area (Å²) in [5.74, 6) is 0.833. The van der Waals surface area contributed by atoms with Crippen LogP contribution in [0.1, 0.15) is 5.56 Å². The fraction of sp³-hybridized carbons (Fsp3) is 0.333. The third-order valence-electron chi connectivity index (χ3n) is 1.57. The van der Waals surface area contributed by atoms with Crippen LogP contribution in [0.3, 0.4) is 0 Å². The van der Waals surface area contributed by atoms with E-state index in [0.29, 0.717) is 6.54 Å². The third-order valence-corrected chi connectivity index (χ3v) is 1.57. The molecule has 0 radical (unpaired) electrons. The highest BCUT2D eigenvalue weighted by molar-refractivity contribution is 5.26. The molecule has 66 valence electrons. The summed E-state index contributed by atoms with van der Waals surface area (Å²) >= 11 is 0. The predicted octanol–water partition coefficient (Wildman–Crippen LogP) is 1.52. The van der Waals surface area contributed by atoms with Crippen LogP contribution in [0.25, 0.3) is 0 Å². The zero-order valence-electron chi connectivity index (χ0n) is 7.32. The average molecular weight is 167 g/mol. The van der Waals surface area contributed by atoms with Crippen LogP contribution in [0, 0.1) is 0 Å². The van der Waals surface area contributed by atoms with Crippen molar-refractivity contribution in [1.29, 1.82) is 0 Å². The molecule has 3 nitrogen and oxygen atoms in total. The molecule has 0 aliphatic heterocycles. The van der Waals surface area contributed by atoms with Gasteiger partial charge in [-0.05, 0) is 17.7 Å². The fourth-order valence-electron chi connectivity index (χ4n) is 0.995. The molecule has 1 aromatic carbocycles. The topological polar surface area (TPSA) is 32.7 Å². The Morgan fingerprint density at radius 1 is 1.33 bits per heavy atom. The quantitative estimate of drug-likeness (QED) is 0.693. The molecule has 0 atom stereocenters. The van der Waals surface area contributed by atoms with Gasteiger partial charge in [-0.25, -0.2) is 0 Å². The predicted molar refractivity (Wildman–Crippen MR) is 46.2 cm³/mol. The number of methoxy groups -OCH3 is 1. The van der Waals surface area contributed by atoms with Crippen molar-refractivity contribution in [2.75, 3.05) is 14.2 Å². The summed E-state index contributed by atoms with van der Waals surface area (Å²) in [7, 11) is 3.25. The van der Waals surface area contributed by atoms with E-state index in [1.807, 2.05) is 24.3 Å². The Morgan fingerprint density at radius 2 is 1.92 bits per heavy atom. The van der Waals surface area contributed by atoms with Crippen LogP contribution in [-0.2, 0) is 6.54 Å². The summed E-state index contributed by atoms with van der Waals surface area (Å²) in [6.45, 7) is 0.532. The van der Waals surface area contributed by atoms with Crippen molar-refractivity contribution < 1.29 is 9.94 Å². The van der Waals surface area contributed by atoms with Crippen molar-refractivity contribution in [1.82, 2.24) is 5.06 Å². The number of hydrogen-bond donors (Lipinski definition) is 1. The Hall–Kier alpha value is -1.06. The number of hydroxylamine groups is 2. The fourth-order valence-corrected chi connectivity index (χ4v) is 0.995. The first-order chi connectivity index (χ1) is 5.72. The number of hydrogen-bond acceptors (Lipinski definition) is 3. The maximum absolute atomic E-state index is 8.93. The van der Waals surface area contributed by atoms with E-state index in [4.69, 9.17) is 9.94 Å². The molecule has 0 saturated carbocycles. The molecule has 0 aromatic heterocycles. The number of rotatable bonds is 3. The minimum atomic E-state index is 0.532. The second kappa shape index (κ2) is 4.09. The minimum absolute atomic E-state index is 0.532. The number of ether oxygens (including phenoxy) is 1. The number of nitrogens with zero attached hydrogens (tertiary/aromatic N) is 1. The van der Waals surface area contributed by atoms with Crippen LogP contribution in [0.4, 0.5) is 0 Å². The summed E-state index contributed by atoms with van der Waals surface area (Å²) in [5, 5.41) is 10.1. The van der Waals surface area contributed by atoms with Gasteiger partial charge in [0.2, 0.25) is 0 Å². The molecule has 0 amide bonds. The molecule has 12 heavy (non-hydrogen) atoms. The van der Waals surface area contributed by atoms with Gasteiger partial charge in [0.05, 0.1) is 7.11 Å². The van der Waals surface area contributed by atoms with Crippen LogP contribution in [-0.4, -0.2) is 24.4 Å². The van der Waals surface area contributed by atoms with Crippen LogP contribution >= 0.6 is 0 Å². The van der Waals surface area contributed by atoms with E-state index in [0.717, 1.165) is 16.4 Å². The van der Waals surface area contributed by atoms with Crippen LogP contribution < -0.4 is 4.74 Å². The van der Waals surface area contributed by atoms with Gasteiger partial charge >= 0.3 is 0 Å². The lowest BCUT2D eigenvalue weighted by molar-refractivity contribution is -0.0731. The second-order valence-corrected chi connectivity index (χ2v) is 2.66. The minimum Gasteiger partial charge on any atom is -0.497 e. The highest BCUT2D eigenvalue weighted by Gasteiger charge is 1.95. The molecule has 0 heterocycles. The van der Waals surface area contributed by atoms with Crippen LogP contribution in [0.5, 0.6) is 5.75 Å². The zero-order chi connectivity index (χ0) is 8.97. The van der Waals surface area contributed by atoms with Gasteiger partial charge in [-0.15, -0.1) is 0 Å². The van der Waals surface area contributed by atoms with Gasteiger partial charge in [-0.1, -0.05) is 12.1 Å². The van der Waals surface area contributed by atoms with Crippen molar-refractivity contribution in [3.63, 3.8) is 0 Å². The highest BCUT2D eigenvalue weighted by atomic mass is 16.5. The molecule has 0 bridgehead atoms. The molecule has 0 fully saturated rings. The lowest BCUT2D eigenvalue weighted by atomic mass is 10.2. The van der Waals surface area contributed by atoms with Gasteiger partial charge in [0, 0.05) is 13.6 Å². The van der Waals surface area contributed by atoms with E-state index in [2.05, 4.69) is 0 Å². The van der Waals surface area contributed by atoms with E-state index >= 15 is 0 Å². The Balaban J connectivity index is 2.65. The summed E-state index contributed by atoms with van der Waals surface area (Å²) in [4.78, 5) is 0. The molecule has 0 aliphatic carbocycles. The normalized spacial score (nSPS) is 10.3. The van der Waals surface area contributed by atoms with Crippen LogP contribution in [0.2, 0.25) is 0 Å². The molecule has 0 spiro atoms. The molecule has 1 rings (SSSR count). The zero-order valence-corrected chi connectivity index (χ0v) is 7.32. The molecule has 1 N–H and O–H groups in total. The Labute approximate surface area is 72.1 Å². The van der Waals surface area contributed by atoms with Crippen LogP contribution in [0.15, 0.2) is 24.3 Å². The maximum atomic E-state index is 8.93. The molecule has 1 aromatic rings. The SMILES string of the molecule is COc1ccc(CN(C)O)cc1. The van der Waals surface area contributed by atoms with Crippen molar-refractivity contribution >= 4 is 0 Å². The standard InChI is InChI=1S/C9H13NO2/c1-10(11)7-8-3-5-9(12-2)6-4-8/h3-6,11H,7H2,1-2H3. The first-order valence-corrected chi connectivity index (χ1v) is 3.75. The lowest BCUT2D eigenvalue weighted by Crippen LogP contribution is -2.11. The maximum Gasteiger partial charge on any atom is 0.118 e.